The van der Waals surface area contributed by atoms with E-state index in [0.717, 1.165) is 17.1 Å². The third kappa shape index (κ3) is 20.5. The maximum Gasteiger partial charge on any atom is 0.317 e. The Morgan fingerprint density at radius 3 is 1.75 bits per heavy atom. The van der Waals surface area contributed by atoms with Crippen molar-refractivity contribution in [2.75, 3.05) is 105 Å². The van der Waals surface area contributed by atoms with Crippen LogP contribution in [0, 0.1) is 3.57 Å². The van der Waals surface area contributed by atoms with Crippen LogP contribution in [0.5, 0.6) is 5.75 Å². The topological polar surface area (TPSA) is 308 Å². The van der Waals surface area contributed by atoms with Crippen LogP contribution in [-0.2, 0) is 49.6 Å². The number of amides is 6. The number of carboxylic acid groups (broad SMARTS) is 3. The van der Waals surface area contributed by atoms with Gasteiger partial charge in [0.25, 0.3) is 11.8 Å². The molecule has 314 valence electrons. The van der Waals surface area contributed by atoms with E-state index in [-0.39, 0.29) is 104 Å². The molecule has 1 aromatic rings. The molecule has 0 aliphatic carbocycles. The van der Waals surface area contributed by atoms with Gasteiger partial charge in [0.15, 0.2) is 0 Å². The first-order chi connectivity index (χ1) is 27.0. The van der Waals surface area contributed by atoms with Crippen LogP contribution >= 0.6 is 22.6 Å². The Morgan fingerprint density at radius 1 is 0.632 bits per heavy atom. The van der Waals surface area contributed by atoms with E-state index in [1.54, 1.807) is 17.0 Å². The minimum atomic E-state index is -1.11. The molecular weight excluding hydrogens is 869 g/mol. The van der Waals surface area contributed by atoms with Crippen LogP contribution in [0.4, 0.5) is 0 Å². The lowest BCUT2D eigenvalue weighted by Gasteiger charge is -2.26. The van der Waals surface area contributed by atoms with E-state index in [9.17, 15) is 58.5 Å². The Morgan fingerprint density at radius 2 is 1.19 bits per heavy atom. The van der Waals surface area contributed by atoms with Crippen molar-refractivity contribution in [2.24, 2.45) is 0 Å². The number of phenolic OH excluding ortho intramolecular Hbond substituents is 1. The number of halogens is 1. The van der Waals surface area contributed by atoms with Crippen molar-refractivity contribution in [3.63, 3.8) is 0 Å². The van der Waals surface area contributed by atoms with E-state index in [1.165, 1.54) is 15.9 Å². The summed E-state index contributed by atoms with van der Waals surface area (Å²) in [6.45, 7) is -1.12. The highest BCUT2D eigenvalue weighted by Crippen LogP contribution is 2.20. The van der Waals surface area contributed by atoms with Gasteiger partial charge in [-0.05, 0) is 40.3 Å². The fraction of sp³-hybridized carbons (Fsp3) is 0.500. The Bertz CT molecular complexity index is 1630. The van der Waals surface area contributed by atoms with Gasteiger partial charge >= 0.3 is 17.9 Å². The summed E-state index contributed by atoms with van der Waals surface area (Å²) in [7, 11) is 0. The molecule has 0 bridgehead atoms. The summed E-state index contributed by atoms with van der Waals surface area (Å²) in [5, 5.41) is 50.2. The zero-order chi connectivity index (χ0) is 42.3. The van der Waals surface area contributed by atoms with E-state index in [0.29, 0.717) is 9.13 Å². The summed E-state index contributed by atoms with van der Waals surface area (Å²) in [5.74, 6) is -6.45. The summed E-state index contributed by atoms with van der Waals surface area (Å²) >= 11 is 1.91. The van der Waals surface area contributed by atoms with Crippen molar-refractivity contribution >= 4 is 75.9 Å². The quantitative estimate of drug-likeness (QED) is 0.0209. The minimum absolute atomic E-state index is 0.0319. The van der Waals surface area contributed by atoms with E-state index in [4.69, 9.17) is 5.11 Å². The standard InChI is InChI=1S/C34H48IN9O13/c35-24-15-23(1-2-25(24)45)16-31(51)43(20-28(48)40-18-27(47)39-8-12-44-29(49)3-4-30(44)50)11-7-38-26(46)17-36-5-9-41(21-33(54)55)13-14-42(22-34(56)57)10-6-37-19-32(52)53/h1-4,15,36-37,45H,5-14,16-22H2,(H,38,46)(H,39,47)(H,40,48)(H,52,53)(H,54,55)(H,56,57). The lowest BCUT2D eigenvalue weighted by molar-refractivity contribution is -0.140. The lowest BCUT2D eigenvalue weighted by atomic mass is 10.1. The van der Waals surface area contributed by atoms with E-state index in [2.05, 4.69) is 26.6 Å². The third-order valence-electron chi connectivity index (χ3n) is 7.98. The first kappa shape index (κ1) is 47.9. The van der Waals surface area contributed by atoms with Gasteiger partial charge in [-0.1, -0.05) is 6.07 Å². The largest absolute Gasteiger partial charge is 0.507 e. The average Bonchev–Trinajstić information content (AvgIpc) is 3.45. The molecule has 9 N–H and O–H groups in total. The molecule has 0 fully saturated rings. The van der Waals surface area contributed by atoms with E-state index in [1.807, 2.05) is 22.6 Å². The van der Waals surface area contributed by atoms with E-state index >= 15 is 0 Å². The highest BCUT2D eigenvalue weighted by Gasteiger charge is 2.23. The fourth-order valence-corrected chi connectivity index (χ4v) is 5.72. The Labute approximate surface area is 341 Å². The zero-order valence-corrected chi connectivity index (χ0v) is 33.2. The van der Waals surface area contributed by atoms with Crippen LogP contribution in [0.25, 0.3) is 0 Å². The number of nitrogens with zero attached hydrogens (tertiary/aromatic N) is 4. The van der Waals surface area contributed by atoms with E-state index < -0.39 is 66.4 Å². The normalized spacial score (nSPS) is 12.2. The van der Waals surface area contributed by atoms with Gasteiger partial charge in [0.1, 0.15) is 5.75 Å². The molecule has 1 aliphatic heterocycles. The van der Waals surface area contributed by atoms with Crippen molar-refractivity contribution in [1.29, 1.82) is 0 Å². The minimum Gasteiger partial charge on any atom is -0.507 e. The van der Waals surface area contributed by atoms with Crippen LogP contribution in [0.15, 0.2) is 30.4 Å². The molecule has 1 heterocycles. The molecule has 6 amide bonds. The Balaban J connectivity index is 1.85. The van der Waals surface area contributed by atoms with Crippen molar-refractivity contribution in [3.8, 4) is 5.75 Å². The SMILES string of the molecule is O=C(O)CNCCN(CCN(CCNCC(=O)NCCN(CC(=O)NCC(=O)NCCN1C(=O)C=CC1=O)C(=O)Cc1ccc(O)c(I)c1)CC(=O)O)CC(=O)O. The monoisotopic (exact) mass is 917 g/mol. The number of nitrogens with one attached hydrogen (secondary N) is 5. The molecule has 0 radical (unpaired) electrons. The smallest absolute Gasteiger partial charge is 0.317 e. The number of carboxylic acids is 3. The molecule has 0 aromatic heterocycles. The maximum absolute atomic E-state index is 13.3. The molecule has 57 heavy (non-hydrogen) atoms. The number of hydrogen-bond donors (Lipinski definition) is 9. The number of carbonyl (C=O) groups is 9. The maximum atomic E-state index is 13.3. The summed E-state index contributed by atoms with van der Waals surface area (Å²) in [6, 6.07) is 4.59. The molecule has 22 nitrogen and oxygen atoms in total. The van der Waals surface area contributed by atoms with Gasteiger partial charge in [-0.2, -0.15) is 0 Å². The highest BCUT2D eigenvalue weighted by molar-refractivity contribution is 14.1. The number of aliphatic carboxylic acids is 3. The van der Waals surface area contributed by atoms with Crippen molar-refractivity contribution < 1.29 is 63.6 Å². The predicted molar refractivity (Wildman–Crippen MR) is 208 cm³/mol. The number of hydrogen-bond acceptors (Lipinski definition) is 14. The first-order valence-corrected chi connectivity index (χ1v) is 18.7. The van der Waals surface area contributed by atoms with Gasteiger partial charge in [0, 0.05) is 77.6 Å². The number of aromatic hydroxyl groups is 1. The molecule has 0 saturated carbocycles. The Kier molecular flexibility index (Phi) is 21.7. The van der Waals surface area contributed by atoms with Crippen LogP contribution in [0.2, 0.25) is 0 Å². The molecule has 1 aliphatic rings. The number of phenols is 1. The zero-order valence-electron chi connectivity index (χ0n) is 31.0. The van der Waals surface area contributed by atoms with Crippen molar-refractivity contribution in [1.82, 2.24) is 46.2 Å². The second-order valence-corrected chi connectivity index (χ2v) is 13.7. The van der Waals surface area contributed by atoms with Gasteiger partial charge < -0.3 is 51.9 Å². The fourth-order valence-electron chi connectivity index (χ4n) is 5.14. The van der Waals surface area contributed by atoms with Crippen LogP contribution < -0.4 is 26.6 Å². The number of carbonyl (C=O) groups excluding carboxylic acids is 6. The second-order valence-electron chi connectivity index (χ2n) is 12.5. The predicted octanol–water partition coefficient (Wildman–Crippen LogP) is -4.32. The lowest BCUT2D eigenvalue weighted by Crippen LogP contribution is -2.48. The van der Waals surface area contributed by atoms with Crippen LogP contribution in [0.1, 0.15) is 5.56 Å². The molecule has 0 atom stereocenters. The second kappa shape index (κ2) is 25.8. The van der Waals surface area contributed by atoms with Gasteiger partial charge in [0.05, 0.1) is 49.3 Å². The molecule has 2 rings (SSSR count). The summed E-state index contributed by atoms with van der Waals surface area (Å²) in [4.78, 5) is 113. The molecule has 0 spiro atoms. The summed E-state index contributed by atoms with van der Waals surface area (Å²) < 4.78 is 0.511. The van der Waals surface area contributed by atoms with Gasteiger partial charge in [-0.25, -0.2) is 0 Å². The van der Waals surface area contributed by atoms with Gasteiger partial charge in [0.2, 0.25) is 23.6 Å². The molecule has 0 unspecified atom stereocenters. The van der Waals surface area contributed by atoms with Crippen molar-refractivity contribution in [3.05, 3.63) is 39.5 Å². The molecule has 1 aromatic carbocycles. The van der Waals surface area contributed by atoms with Gasteiger partial charge in [-0.15, -0.1) is 0 Å². The average molecular weight is 918 g/mol. The van der Waals surface area contributed by atoms with Crippen LogP contribution in [-0.4, -0.2) is 198 Å². The summed E-state index contributed by atoms with van der Waals surface area (Å²) in [6.07, 6.45) is 2.10. The molecule has 23 heteroatoms. The number of benzene rings is 1. The molecule has 0 saturated heterocycles. The molecular formula is C34H48IN9O13. The van der Waals surface area contributed by atoms with Crippen molar-refractivity contribution in [2.45, 2.75) is 6.42 Å². The highest BCUT2D eigenvalue weighted by atomic mass is 127. The summed E-state index contributed by atoms with van der Waals surface area (Å²) in [5.41, 5.74) is 0.560. The third-order valence-corrected chi connectivity index (χ3v) is 8.85. The Hall–Kier alpha value is -5.24. The number of rotatable bonds is 29. The van der Waals surface area contributed by atoms with Crippen LogP contribution in [0.3, 0.4) is 0 Å². The first-order valence-electron chi connectivity index (χ1n) is 17.6. The number of imide groups is 1. The van der Waals surface area contributed by atoms with Gasteiger partial charge in [-0.3, -0.25) is 57.9 Å².